The average Bonchev–Trinajstić information content (AvgIpc) is 2.24. The van der Waals surface area contributed by atoms with E-state index in [4.69, 9.17) is 5.73 Å². The van der Waals surface area contributed by atoms with Crippen molar-refractivity contribution in [1.29, 1.82) is 0 Å². The fourth-order valence-electron chi connectivity index (χ4n) is 1.52. The van der Waals surface area contributed by atoms with E-state index in [0.717, 1.165) is 10.2 Å². The number of anilines is 1. The molecule has 0 unspecified atom stereocenters. The predicted octanol–water partition coefficient (Wildman–Crippen LogP) is 1.57. The smallest absolute Gasteiger partial charge is 0.271 e. The van der Waals surface area contributed by atoms with Crippen LogP contribution in [0.1, 0.15) is 11.1 Å². The lowest BCUT2D eigenvalue weighted by molar-refractivity contribution is 0.604. The minimum atomic E-state index is -0.518. The minimum Gasteiger partial charge on any atom is -0.398 e. The van der Waals surface area contributed by atoms with E-state index in [9.17, 15) is 9.18 Å². The summed E-state index contributed by atoms with van der Waals surface area (Å²) in [6.07, 6.45) is 1.50. The number of hydrogen-bond donors (Lipinski definition) is 1. The molecule has 0 bridgehead atoms. The third-order valence-corrected chi connectivity index (χ3v) is 2.50. The molecular formula is C12H12FN3O. The molecule has 0 aliphatic carbocycles. The fourth-order valence-corrected chi connectivity index (χ4v) is 1.52. The Hall–Kier alpha value is -2.17. The predicted molar refractivity (Wildman–Crippen MR) is 63.7 cm³/mol. The van der Waals surface area contributed by atoms with Crippen LogP contribution in [-0.2, 0) is 0 Å². The summed E-state index contributed by atoms with van der Waals surface area (Å²) in [6, 6.07) is 4.09. The Balaban J connectivity index is 2.69. The van der Waals surface area contributed by atoms with Crippen LogP contribution in [0.25, 0.3) is 5.69 Å². The molecule has 88 valence electrons. The van der Waals surface area contributed by atoms with Gasteiger partial charge in [-0.15, -0.1) is 0 Å². The summed E-state index contributed by atoms with van der Waals surface area (Å²) in [5, 5.41) is 3.89. The van der Waals surface area contributed by atoms with Crippen LogP contribution in [0.4, 0.5) is 10.1 Å². The first-order valence-corrected chi connectivity index (χ1v) is 5.11. The molecule has 2 aromatic rings. The lowest BCUT2D eigenvalue weighted by Gasteiger charge is -2.08. The zero-order valence-electron chi connectivity index (χ0n) is 9.57. The van der Waals surface area contributed by atoms with E-state index in [0.29, 0.717) is 11.3 Å². The van der Waals surface area contributed by atoms with Gasteiger partial charge in [-0.3, -0.25) is 4.79 Å². The van der Waals surface area contributed by atoms with Crippen LogP contribution in [0.3, 0.4) is 0 Å². The molecule has 4 nitrogen and oxygen atoms in total. The number of benzene rings is 1. The largest absolute Gasteiger partial charge is 0.398 e. The Bertz CT molecular complexity index is 634. The van der Waals surface area contributed by atoms with Crippen molar-refractivity contribution in [2.75, 3.05) is 5.73 Å². The molecule has 0 atom stereocenters. The van der Waals surface area contributed by atoms with Gasteiger partial charge in [0.15, 0.2) is 0 Å². The number of hydrogen-bond acceptors (Lipinski definition) is 3. The van der Waals surface area contributed by atoms with Crippen molar-refractivity contribution in [1.82, 2.24) is 9.78 Å². The number of aryl methyl sites for hydroxylation is 2. The van der Waals surface area contributed by atoms with E-state index < -0.39 is 5.82 Å². The zero-order chi connectivity index (χ0) is 12.6. The second-order valence-corrected chi connectivity index (χ2v) is 3.94. The van der Waals surface area contributed by atoms with Gasteiger partial charge < -0.3 is 5.73 Å². The summed E-state index contributed by atoms with van der Waals surface area (Å²) in [6.45, 7) is 3.45. The molecule has 17 heavy (non-hydrogen) atoms. The number of nitrogens with two attached hydrogens (primary N) is 1. The third-order valence-electron chi connectivity index (χ3n) is 2.50. The Morgan fingerprint density at radius 2 is 2.00 bits per heavy atom. The lowest BCUT2D eigenvalue weighted by atomic mass is 10.2. The molecular weight excluding hydrogens is 221 g/mol. The van der Waals surface area contributed by atoms with E-state index in [-0.39, 0.29) is 11.2 Å². The minimum absolute atomic E-state index is 0.0677. The number of nitrogens with zero attached hydrogens (tertiary/aromatic N) is 2. The molecule has 0 saturated carbocycles. The summed E-state index contributed by atoms with van der Waals surface area (Å²) >= 11 is 0. The number of halogens is 1. The monoisotopic (exact) mass is 233 g/mol. The van der Waals surface area contributed by atoms with Crippen LogP contribution in [0.15, 0.2) is 29.2 Å². The normalized spacial score (nSPS) is 10.5. The fraction of sp³-hybridized carbons (Fsp3) is 0.167. The molecule has 0 amide bonds. The van der Waals surface area contributed by atoms with Crippen LogP contribution in [0, 0.1) is 19.7 Å². The lowest BCUT2D eigenvalue weighted by Crippen LogP contribution is -2.21. The highest BCUT2D eigenvalue weighted by Gasteiger charge is 2.09. The van der Waals surface area contributed by atoms with Gasteiger partial charge in [0.2, 0.25) is 0 Å². The Morgan fingerprint density at radius 3 is 2.65 bits per heavy atom. The molecule has 0 aliphatic heterocycles. The Labute approximate surface area is 97.5 Å². The Morgan fingerprint density at radius 1 is 1.29 bits per heavy atom. The maximum absolute atomic E-state index is 13.7. The van der Waals surface area contributed by atoms with Gasteiger partial charge >= 0.3 is 0 Å². The van der Waals surface area contributed by atoms with Crippen LogP contribution in [0.5, 0.6) is 0 Å². The molecule has 1 aromatic carbocycles. The quantitative estimate of drug-likeness (QED) is 0.760. The highest BCUT2D eigenvalue weighted by atomic mass is 19.1. The van der Waals surface area contributed by atoms with E-state index in [1.807, 2.05) is 0 Å². The third kappa shape index (κ3) is 2.04. The first-order chi connectivity index (χ1) is 7.99. The molecule has 0 fully saturated rings. The van der Waals surface area contributed by atoms with Crippen LogP contribution in [-0.4, -0.2) is 9.78 Å². The van der Waals surface area contributed by atoms with Crippen molar-refractivity contribution < 1.29 is 4.39 Å². The van der Waals surface area contributed by atoms with Gasteiger partial charge in [0.05, 0.1) is 6.20 Å². The van der Waals surface area contributed by atoms with Crippen molar-refractivity contribution in [2.24, 2.45) is 0 Å². The molecule has 2 rings (SSSR count). The molecule has 0 saturated heterocycles. The van der Waals surface area contributed by atoms with Gasteiger partial charge in [0, 0.05) is 11.8 Å². The first-order valence-electron chi connectivity index (χ1n) is 5.11. The summed E-state index contributed by atoms with van der Waals surface area (Å²) in [5.41, 5.74) is 7.17. The number of rotatable bonds is 1. The molecule has 1 aromatic heterocycles. The Kier molecular flexibility index (Phi) is 2.67. The molecule has 5 heteroatoms. The zero-order valence-corrected chi connectivity index (χ0v) is 9.57. The maximum atomic E-state index is 13.7. The van der Waals surface area contributed by atoms with Crippen molar-refractivity contribution in [3.8, 4) is 5.69 Å². The van der Waals surface area contributed by atoms with E-state index in [1.54, 1.807) is 13.8 Å². The summed E-state index contributed by atoms with van der Waals surface area (Å²) in [7, 11) is 0. The second-order valence-electron chi connectivity index (χ2n) is 3.94. The highest BCUT2D eigenvalue weighted by molar-refractivity contribution is 5.53. The SMILES string of the molecule is Cc1cnn(-c2cc(N)c(C)cc2F)c(=O)c1. The number of nitrogen functional groups attached to an aromatic ring is 1. The average molecular weight is 233 g/mol. The van der Waals surface area contributed by atoms with Crippen molar-refractivity contribution in [3.05, 3.63) is 51.7 Å². The van der Waals surface area contributed by atoms with Crippen molar-refractivity contribution in [2.45, 2.75) is 13.8 Å². The molecule has 1 heterocycles. The van der Waals surface area contributed by atoms with E-state index in [2.05, 4.69) is 5.10 Å². The van der Waals surface area contributed by atoms with Gasteiger partial charge in [-0.05, 0) is 37.1 Å². The summed E-state index contributed by atoms with van der Waals surface area (Å²) in [5.74, 6) is -0.518. The summed E-state index contributed by atoms with van der Waals surface area (Å²) in [4.78, 5) is 11.7. The van der Waals surface area contributed by atoms with Crippen molar-refractivity contribution >= 4 is 5.69 Å². The van der Waals surface area contributed by atoms with Crippen LogP contribution < -0.4 is 11.3 Å². The molecule has 0 aliphatic rings. The molecule has 0 radical (unpaired) electrons. The van der Waals surface area contributed by atoms with E-state index in [1.165, 1.54) is 24.4 Å². The van der Waals surface area contributed by atoms with Gasteiger partial charge in [-0.2, -0.15) is 9.78 Å². The maximum Gasteiger partial charge on any atom is 0.271 e. The first kappa shape index (κ1) is 11.3. The highest BCUT2D eigenvalue weighted by Crippen LogP contribution is 2.18. The molecule has 2 N–H and O–H groups in total. The van der Waals surface area contributed by atoms with Crippen LogP contribution >= 0.6 is 0 Å². The topological polar surface area (TPSA) is 60.9 Å². The van der Waals surface area contributed by atoms with Crippen LogP contribution in [0.2, 0.25) is 0 Å². The standard InChI is InChI=1S/C12H12FN3O/c1-7-3-12(17)16(15-6-7)11-5-10(14)8(2)4-9(11)13/h3-6H,14H2,1-2H3. The van der Waals surface area contributed by atoms with Gasteiger partial charge in [0.25, 0.3) is 5.56 Å². The van der Waals surface area contributed by atoms with E-state index >= 15 is 0 Å². The van der Waals surface area contributed by atoms with Gasteiger partial charge in [0.1, 0.15) is 11.5 Å². The summed E-state index contributed by atoms with van der Waals surface area (Å²) < 4.78 is 14.7. The van der Waals surface area contributed by atoms with Crippen molar-refractivity contribution in [3.63, 3.8) is 0 Å². The molecule has 0 spiro atoms. The second kappa shape index (κ2) is 4.01. The van der Waals surface area contributed by atoms with Gasteiger partial charge in [-0.1, -0.05) is 0 Å². The number of aromatic nitrogens is 2. The van der Waals surface area contributed by atoms with Gasteiger partial charge in [-0.25, -0.2) is 4.39 Å².